The van der Waals surface area contributed by atoms with Crippen molar-refractivity contribution in [3.05, 3.63) is 84.3 Å². The molecule has 32 heavy (non-hydrogen) atoms. The minimum Gasteiger partial charge on any atom is -0.370 e. The summed E-state index contributed by atoms with van der Waals surface area (Å²) in [5.74, 6) is -0.287. The van der Waals surface area contributed by atoms with Crippen LogP contribution in [0.2, 0.25) is 0 Å². The molecule has 1 aromatic carbocycles. The van der Waals surface area contributed by atoms with Gasteiger partial charge in [0.05, 0.1) is 24.1 Å². The number of rotatable bonds is 4. The number of anilines is 1. The molecule has 1 saturated heterocycles. The molecule has 0 unspecified atom stereocenters. The number of imidazole rings is 1. The highest BCUT2D eigenvalue weighted by molar-refractivity contribution is 5.96. The molecule has 7 nitrogen and oxygen atoms in total. The molecule has 1 aliphatic heterocycles. The third-order valence-corrected chi connectivity index (χ3v) is 5.74. The van der Waals surface area contributed by atoms with E-state index in [-0.39, 0.29) is 11.7 Å². The van der Waals surface area contributed by atoms with Gasteiger partial charge in [0.2, 0.25) is 0 Å². The fourth-order valence-electron chi connectivity index (χ4n) is 4.06. The van der Waals surface area contributed by atoms with Gasteiger partial charge in [-0.1, -0.05) is 6.07 Å². The molecule has 4 heterocycles. The van der Waals surface area contributed by atoms with Crippen LogP contribution >= 0.6 is 0 Å². The fourth-order valence-corrected chi connectivity index (χ4v) is 4.06. The SMILES string of the molecule is O=C(c1cnc2c(c1)ncn2Cc1ccccn1)N1CCCN(c2ccc(F)cc2)CC1. The number of carbonyl (C=O) groups is 1. The highest BCUT2D eigenvalue weighted by atomic mass is 19.1. The Morgan fingerprint density at radius 1 is 0.969 bits per heavy atom. The number of nitrogens with zero attached hydrogens (tertiary/aromatic N) is 6. The minimum atomic E-state index is -0.245. The number of amides is 1. The van der Waals surface area contributed by atoms with E-state index in [2.05, 4.69) is 19.9 Å². The molecule has 1 aliphatic rings. The lowest BCUT2D eigenvalue weighted by Gasteiger charge is -2.23. The van der Waals surface area contributed by atoms with Crippen molar-refractivity contribution >= 4 is 22.8 Å². The van der Waals surface area contributed by atoms with Gasteiger partial charge >= 0.3 is 0 Å². The highest BCUT2D eigenvalue weighted by Crippen LogP contribution is 2.19. The number of halogens is 1. The van der Waals surface area contributed by atoms with Crippen LogP contribution in [-0.2, 0) is 6.54 Å². The van der Waals surface area contributed by atoms with Crippen LogP contribution in [0.1, 0.15) is 22.5 Å². The fraction of sp³-hybridized carbons (Fsp3) is 0.250. The number of hydrogen-bond acceptors (Lipinski definition) is 5. The Hall–Kier alpha value is -3.81. The lowest BCUT2D eigenvalue weighted by Crippen LogP contribution is -2.35. The van der Waals surface area contributed by atoms with Gasteiger partial charge in [-0.2, -0.15) is 0 Å². The van der Waals surface area contributed by atoms with E-state index in [0.29, 0.717) is 37.3 Å². The van der Waals surface area contributed by atoms with Crippen molar-refractivity contribution in [3.63, 3.8) is 0 Å². The normalized spacial score (nSPS) is 14.5. The average Bonchev–Trinajstić information content (AvgIpc) is 3.05. The Bertz CT molecular complexity index is 1220. The number of aromatic nitrogens is 4. The first kappa shape index (κ1) is 20.1. The van der Waals surface area contributed by atoms with Gasteiger partial charge < -0.3 is 14.4 Å². The number of hydrogen-bond donors (Lipinski definition) is 0. The van der Waals surface area contributed by atoms with Crippen LogP contribution in [0.3, 0.4) is 0 Å². The van der Waals surface area contributed by atoms with Gasteiger partial charge in [0.15, 0.2) is 5.65 Å². The molecule has 3 aromatic heterocycles. The smallest absolute Gasteiger partial charge is 0.255 e. The second-order valence-electron chi connectivity index (χ2n) is 7.87. The van der Waals surface area contributed by atoms with Crippen molar-refractivity contribution in [2.24, 2.45) is 0 Å². The van der Waals surface area contributed by atoms with E-state index in [9.17, 15) is 9.18 Å². The number of fused-ring (bicyclic) bond motifs is 1. The maximum absolute atomic E-state index is 13.2. The lowest BCUT2D eigenvalue weighted by atomic mass is 10.2. The molecule has 5 rings (SSSR count). The van der Waals surface area contributed by atoms with E-state index < -0.39 is 0 Å². The van der Waals surface area contributed by atoms with Crippen LogP contribution in [0.5, 0.6) is 0 Å². The van der Waals surface area contributed by atoms with E-state index in [1.807, 2.05) is 33.7 Å². The average molecular weight is 430 g/mol. The van der Waals surface area contributed by atoms with Gasteiger partial charge in [-0.25, -0.2) is 14.4 Å². The van der Waals surface area contributed by atoms with E-state index >= 15 is 0 Å². The molecule has 0 radical (unpaired) electrons. The summed E-state index contributed by atoms with van der Waals surface area (Å²) in [6.07, 6.45) is 5.96. The maximum Gasteiger partial charge on any atom is 0.255 e. The molecular formula is C24H23FN6O. The topological polar surface area (TPSA) is 67.2 Å². The van der Waals surface area contributed by atoms with Gasteiger partial charge in [-0.15, -0.1) is 0 Å². The lowest BCUT2D eigenvalue weighted by molar-refractivity contribution is 0.0767. The Balaban J connectivity index is 1.29. The van der Waals surface area contributed by atoms with E-state index in [1.165, 1.54) is 12.1 Å². The van der Waals surface area contributed by atoms with Crippen LogP contribution in [0.4, 0.5) is 10.1 Å². The second-order valence-corrected chi connectivity index (χ2v) is 7.87. The molecular weight excluding hydrogens is 407 g/mol. The second kappa shape index (κ2) is 8.74. The van der Waals surface area contributed by atoms with E-state index in [1.54, 1.807) is 30.9 Å². The maximum atomic E-state index is 13.2. The monoisotopic (exact) mass is 430 g/mol. The zero-order valence-corrected chi connectivity index (χ0v) is 17.6. The molecule has 162 valence electrons. The first-order chi connectivity index (χ1) is 15.7. The van der Waals surface area contributed by atoms with Gasteiger partial charge in [0.25, 0.3) is 5.91 Å². The standard InChI is InChI=1S/C24H23FN6O/c25-19-5-7-21(8-6-19)29-10-3-11-30(13-12-29)24(32)18-14-22-23(27-15-18)31(17-28-22)16-20-4-1-2-9-26-20/h1-2,4-9,14-15,17H,3,10-13,16H2. The summed E-state index contributed by atoms with van der Waals surface area (Å²) in [6.45, 7) is 3.37. The summed E-state index contributed by atoms with van der Waals surface area (Å²) in [6, 6.07) is 14.1. The summed E-state index contributed by atoms with van der Waals surface area (Å²) >= 11 is 0. The first-order valence-corrected chi connectivity index (χ1v) is 10.7. The molecule has 0 N–H and O–H groups in total. The Kier molecular flexibility index (Phi) is 5.49. The summed E-state index contributed by atoms with van der Waals surface area (Å²) < 4.78 is 15.2. The zero-order chi connectivity index (χ0) is 21.9. The summed E-state index contributed by atoms with van der Waals surface area (Å²) in [7, 11) is 0. The van der Waals surface area contributed by atoms with Crippen molar-refractivity contribution in [2.45, 2.75) is 13.0 Å². The molecule has 0 atom stereocenters. The molecule has 1 fully saturated rings. The Morgan fingerprint density at radius 2 is 1.84 bits per heavy atom. The van der Waals surface area contributed by atoms with Crippen molar-refractivity contribution in [1.82, 2.24) is 24.4 Å². The molecule has 0 aliphatic carbocycles. The van der Waals surface area contributed by atoms with E-state index in [0.717, 1.165) is 30.0 Å². The summed E-state index contributed by atoms with van der Waals surface area (Å²) in [4.78, 5) is 30.5. The zero-order valence-electron chi connectivity index (χ0n) is 17.6. The third-order valence-electron chi connectivity index (χ3n) is 5.74. The van der Waals surface area contributed by atoms with Crippen LogP contribution in [0.15, 0.2) is 67.3 Å². The van der Waals surface area contributed by atoms with Crippen LogP contribution in [-0.4, -0.2) is 56.5 Å². The molecule has 4 aromatic rings. The Morgan fingerprint density at radius 3 is 2.66 bits per heavy atom. The van der Waals surface area contributed by atoms with Gasteiger partial charge in [0, 0.05) is 44.3 Å². The van der Waals surface area contributed by atoms with Crippen LogP contribution in [0, 0.1) is 5.82 Å². The van der Waals surface area contributed by atoms with Crippen molar-refractivity contribution in [2.75, 3.05) is 31.1 Å². The number of pyridine rings is 2. The quantitative estimate of drug-likeness (QED) is 0.497. The predicted octanol–water partition coefficient (Wildman–Crippen LogP) is 3.37. The highest BCUT2D eigenvalue weighted by Gasteiger charge is 2.21. The van der Waals surface area contributed by atoms with Gasteiger partial charge in [0.1, 0.15) is 11.3 Å². The largest absolute Gasteiger partial charge is 0.370 e. The van der Waals surface area contributed by atoms with Crippen molar-refractivity contribution in [1.29, 1.82) is 0 Å². The van der Waals surface area contributed by atoms with Gasteiger partial charge in [-0.3, -0.25) is 9.78 Å². The minimum absolute atomic E-state index is 0.0420. The van der Waals surface area contributed by atoms with Gasteiger partial charge in [-0.05, 0) is 48.9 Å². The molecule has 8 heteroatoms. The van der Waals surface area contributed by atoms with Crippen LogP contribution < -0.4 is 4.90 Å². The molecule has 0 saturated carbocycles. The summed E-state index contributed by atoms with van der Waals surface area (Å²) in [5, 5.41) is 0. The Labute approximate surface area is 185 Å². The summed E-state index contributed by atoms with van der Waals surface area (Å²) in [5.41, 5.74) is 3.85. The number of benzene rings is 1. The van der Waals surface area contributed by atoms with Crippen molar-refractivity contribution in [3.8, 4) is 0 Å². The third kappa shape index (κ3) is 4.16. The van der Waals surface area contributed by atoms with Crippen molar-refractivity contribution < 1.29 is 9.18 Å². The van der Waals surface area contributed by atoms with Crippen LogP contribution in [0.25, 0.3) is 11.2 Å². The molecule has 0 bridgehead atoms. The molecule has 1 amide bonds. The number of carbonyl (C=O) groups excluding carboxylic acids is 1. The predicted molar refractivity (Wildman–Crippen MR) is 120 cm³/mol. The van der Waals surface area contributed by atoms with E-state index in [4.69, 9.17) is 0 Å². The first-order valence-electron chi connectivity index (χ1n) is 10.7. The molecule has 0 spiro atoms.